The number of β-amino-alcohol motifs (C(OH)–C–C–N with tert-alkyl or cyclic N) is 1. The highest BCUT2D eigenvalue weighted by atomic mass is 79.9. The van der Waals surface area contributed by atoms with Crippen LogP contribution in [0.5, 0.6) is 0 Å². The second-order valence-electron chi connectivity index (χ2n) is 11.5. The van der Waals surface area contributed by atoms with Gasteiger partial charge in [0.15, 0.2) is 0 Å². The molecular weight excluding hydrogens is 578 g/mol. The SMILES string of the molecule is Cc1ccsc1-c1ccc(C(C)NC(=O)[C@@H]2C[C@@H](O)CN2C(=O)C(NC(=O)CCCCCBr)C(C)(C)C)cc1. The summed E-state index contributed by atoms with van der Waals surface area (Å²) in [5.74, 6) is -0.816. The predicted octanol–water partition coefficient (Wildman–Crippen LogP) is 5.35. The van der Waals surface area contributed by atoms with Gasteiger partial charge < -0.3 is 20.6 Å². The molecule has 9 heteroatoms. The van der Waals surface area contributed by atoms with Gasteiger partial charge in [0.05, 0.1) is 12.1 Å². The van der Waals surface area contributed by atoms with Gasteiger partial charge in [-0.05, 0) is 60.2 Å². The maximum absolute atomic E-state index is 13.7. The third-order valence-corrected chi connectivity index (χ3v) is 8.84. The fourth-order valence-corrected chi connectivity index (χ4v) is 6.23. The molecule has 1 aromatic carbocycles. The number of amides is 3. The van der Waals surface area contributed by atoms with Gasteiger partial charge in [-0.3, -0.25) is 14.4 Å². The Kier molecular flexibility index (Phi) is 11.2. The van der Waals surface area contributed by atoms with Crippen LogP contribution in [0.1, 0.15) is 77.0 Å². The molecule has 0 aliphatic carbocycles. The highest BCUT2D eigenvalue weighted by Gasteiger charge is 2.44. The Morgan fingerprint density at radius 3 is 2.38 bits per heavy atom. The van der Waals surface area contributed by atoms with Crippen LogP contribution in [-0.4, -0.2) is 57.8 Å². The van der Waals surface area contributed by atoms with Crippen molar-refractivity contribution in [1.82, 2.24) is 15.5 Å². The molecule has 2 unspecified atom stereocenters. The van der Waals surface area contributed by atoms with Gasteiger partial charge in [0.1, 0.15) is 12.1 Å². The van der Waals surface area contributed by atoms with E-state index in [0.29, 0.717) is 6.42 Å². The number of rotatable bonds is 11. The van der Waals surface area contributed by atoms with Gasteiger partial charge in [-0.25, -0.2) is 0 Å². The standard InChI is InChI=1S/C30H42BrN3O4S/c1-19-14-16-39-26(19)22-12-10-21(11-13-22)20(2)32-28(37)24-17-23(35)18-34(24)29(38)27(30(3,4)5)33-25(36)9-7-6-8-15-31/h10-14,16,20,23-24,27,35H,6-9,15,17-18H2,1-5H3,(H,32,37)(H,33,36)/t20?,23-,24+,27?/m1/s1. The first kappa shape index (κ1) is 31.3. The van der Waals surface area contributed by atoms with Gasteiger partial charge in [0, 0.05) is 29.6 Å². The first-order chi connectivity index (χ1) is 18.4. The molecule has 2 heterocycles. The topological polar surface area (TPSA) is 98.7 Å². The van der Waals surface area contributed by atoms with Crippen molar-refractivity contribution >= 4 is 45.0 Å². The van der Waals surface area contributed by atoms with E-state index in [-0.39, 0.29) is 36.7 Å². The highest BCUT2D eigenvalue weighted by molar-refractivity contribution is 9.09. The Morgan fingerprint density at radius 1 is 1.10 bits per heavy atom. The van der Waals surface area contributed by atoms with Crippen molar-refractivity contribution in [2.24, 2.45) is 5.41 Å². The second kappa shape index (κ2) is 13.9. The number of nitrogens with zero attached hydrogens (tertiary/aromatic N) is 1. The minimum absolute atomic E-state index is 0.0634. The molecule has 0 bridgehead atoms. The number of alkyl halides is 1. The zero-order valence-corrected chi connectivity index (χ0v) is 26.0. The maximum atomic E-state index is 13.7. The van der Waals surface area contributed by atoms with Crippen LogP contribution in [0.3, 0.4) is 0 Å². The van der Waals surface area contributed by atoms with E-state index in [4.69, 9.17) is 0 Å². The molecule has 0 spiro atoms. The van der Waals surface area contributed by atoms with Gasteiger partial charge in [-0.15, -0.1) is 11.3 Å². The highest BCUT2D eigenvalue weighted by Crippen LogP contribution is 2.30. The van der Waals surface area contributed by atoms with E-state index in [2.05, 4.69) is 57.1 Å². The Bertz CT molecular complexity index is 1130. The fourth-order valence-electron chi connectivity index (χ4n) is 4.89. The Balaban J connectivity index is 1.68. The van der Waals surface area contributed by atoms with Crippen molar-refractivity contribution in [2.75, 3.05) is 11.9 Å². The molecule has 0 saturated carbocycles. The van der Waals surface area contributed by atoms with E-state index < -0.39 is 23.6 Å². The normalized spacial score (nSPS) is 19.0. The van der Waals surface area contributed by atoms with Crippen LogP contribution in [0.15, 0.2) is 35.7 Å². The van der Waals surface area contributed by atoms with Crippen LogP contribution in [0.2, 0.25) is 0 Å². The number of hydrogen-bond donors (Lipinski definition) is 3. The molecule has 4 atom stereocenters. The van der Waals surface area contributed by atoms with Crippen LogP contribution in [0, 0.1) is 12.3 Å². The summed E-state index contributed by atoms with van der Waals surface area (Å²) in [6.45, 7) is 9.75. The molecule has 3 amide bonds. The van der Waals surface area contributed by atoms with Gasteiger partial charge >= 0.3 is 0 Å². The molecule has 1 aliphatic heterocycles. The largest absolute Gasteiger partial charge is 0.391 e. The summed E-state index contributed by atoms with van der Waals surface area (Å²) in [6.07, 6.45) is 2.40. The minimum Gasteiger partial charge on any atom is -0.391 e. The number of aliphatic hydroxyl groups is 1. The van der Waals surface area contributed by atoms with Gasteiger partial charge in [-0.1, -0.05) is 67.4 Å². The number of thiophene rings is 1. The van der Waals surface area contributed by atoms with Gasteiger partial charge in [0.2, 0.25) is 17.7 Å². The Labute approximate surface area is 244 Å². The first-order valence-electron chi connectivity index (χ1n) is 13.7. The average molecular weight is 621 g/mol. The first-order valence-corrected chi connectivity index (χ1v) is 15.7. The molecule has 1 fully saturated rings. The van der Waals surface area contributed by atoms with Crippen LogP contribution >= 0.6 is 27.3 Å². The van der Waals surface area contributed by atoms with Crippen LogP contribution < -0.4 is 10.6 Å². The molecule has 1 saturated heterocycles. The average Bonchev–Trinajstić information content (AvgIpc) is 3.49. The quantitative estimate of drug-likeness (QED) is 0.233. The van der Waals surface area contributed by atoms with Gasteiger partial charge in [0.25, 0.3) is 0 Å². The smallest absolute Gasteiger partial charge is 0.246 e. The van der Waals surface area contributed by atoms with E-state index in [1.165, 1.54) is 15.3 Å². The lowest BCUT2D eigenvalue weighted by Gasteiger charge is -2.35. The number of aliphatic hydroxyl groups excluding tert-OH is 1. The molecule has 2 aromatic rings. The lowest BCUT2D eigenvalue weighted by Crippen LogP contribution is -2.57. The van der Waals surface area contributed by atoms with Crippen LogP contribution in [0.25, 0.3) is 10.4 Å². The van der Waals surface area contributed by atoms with Crippen molar-refractivity contribution in [3.05, 3.63) is 46.8 Å². The molecule has 1 aromatic heterocycles. The molecule has 3 N–H and O–H groups in total. The molecule has 0 radical (unpaired) electrons. The summed E-state index contributed by atoms with van der Waals surface area (Å²) >= 11 is 5.10. The number of carbonyl (C=O) groups excluding carboxylic acids is 3. The number of hydrogen-bond acceptors (Lipinski definition) is 5. The number of carbonyl (C=O) groups is 3. The lowest BCUT2D eigenvalue weighted by atomic mass is 9.85. The number of unbranched alkanes of at least 4 members (excludes halogenated alkanes) is 2. The Morgan fingerprint density at radius 2 is 1.79 bits per heavy atom. The lowest BCUT2D eigenvalue weighted by molar-refractivity contribution is -0.144. The predicted molar refractivity (Wildman–Crippen MR) is 161 cm³/mol. The zero-order valence-electron chi connectivity index (χ0n) is 23.6. The molecule has 7 nitrogen and oxygen atoms in total. The number of benzene rings is 1. The summed E-state index contributed by atoms with van der Waals surface area (Å²) < 4.78 is 0. The van der Waals surface area contributed by atoms with E-state index in [9.17, 15) is 19.5 Å². The van der Waals surface area contributed by atoms with Crippen LogP contribution in [-0.2, 0) is 14.4 Å². The maximum Gasteiger partial charge on any atom is 0.246 e. The third kappa shape index (κ3) is 8.38. The summed E-state index contributed by atoms with van der Waals surface area (Å²) in [4.78, 5) is 42.4. The summed E-state index contributed by atoms with van der Waals surface area (Å²) in [7, 11) is 0. The van der Waals surface area contributed by atoms with Gasteiger partial charge in [-0.2, -0.15) is 0 Å². The molecule has 39 heavy (non-hydrogen) atoms. The Hall–Kier alpha value is -2.23. The minimum atomic E-state index is -0.802. The molecule has 3 rings (SSSR count). The van der Waals surface area contributed by atoms with Crippen molar-refractivity contribution < 1.29 is 19.5 Å². The molecule has 214 valence electrons. The van der Waals surface area contributed by atoms with E-state index in [1.807, 2.05) is 39.8 Å². The van der Waals surface area contributed by atoms with Crippen LogP contribution in [0.4, 0.5) is 0 Å². The van der Waals surface area contributed by atoms with E-state index >= 15 is 0 Å². The van der Waals surface area contributed by atoms with Crippen molar-refractivity contribution in [3.8, 4) is 10.4 Å². The monoisotopic (exact) mass is 619 g/mol. The summed E-state index contributed by atoms with van der Waals surface area (Å²) in [5.41, 5.74) is 2.77. The van der Waals surface area contributed by atoms with E-state index in [0.717, 1.165) is 35.7 Å². The number of likely N-dealkylation sites (tertiary alicyclic amines) is 1. The third-order valence-electron chi connectivity index (χ3n) is 7.21. The van der Waals surface area contributed by atoms with Crippen molar-refractivity contribution in [3.63, 3.8) is 0 Å². The van der Waals surface area contributed by atoms with Crippen molar-refractivity contribution in [1.29, 1.82) is 0 Å². The number of nitrogens with one attached hydrogen (secondary N) is 2. The summed E-state index contributed by atoms with van der Waals surface area (Å²) in [5, 5.41) is 19.4. The molecule has 1 aliphatic rings. The number of aryl methyl sites for hydroxylation is 1. The fraction of sp³-hybridized carbons (Fsp3) is 0.567. The molecular formula is C30H42BrN3O4S. The zero-order chi connectivity index (χ0) is 28.7. The summed E-state index contributed by atoms with van der Waals surface area (Å²) in [6, 6.07) is 8.36. The number of halogens is 1. The second-order valence-corrected chi connectivity index (χ2v) is 13.3. The van der Waals surface area contributed by atoms with Crippen molar-refractivity contribution in [2.45, 2.75) is 91.0 Å². The van der Waals surface area contributed by atoms with E-state index in [1.54, 1.807) is 11.3 Å².